The zero-order chi connectivity index (χ0) is 18.6. The summed E-state index contributed by atoms with van der Waals surface area (Å²) in [4.78, 5) is 0. The first kappa shape index (κ1) is 25.5. The van der Waals surface area contributed by atoms with E-state index >= 15 is 0 Å². The van der Waals surface area contributed by atoms with Gasteiger partial charge in [-0.25, -0.2) is 0 Å². The second-order valence-corrected chi connectivity index (χ2v) is 20.6. The van der Waals surface area contributed by atoms with E-state index in [9.17, 15) is 0 Å². The molecule has 0 spiro atoms. The normalized spacial score (nSPS) is 26.9. The standard InChI is InChI=1S/C16H28S11/c1(3-22-24-10-14-6-19-14)17-5-13(9-26-27-12-16-8-21-16)18-2-4-23-25-11-15-7-20-15/h13-16H,1-12H2. The minimum atomic E-state index is 0.837. The lowest BCUT2D eigenvalue weighted by atomic mass is 10.5. The predicted octanol–water partition coefficient (Wildman–Crippen LogP) is 7.31. The first-order valence-electron chi connectivity index (χ1n) is 9.17. The van der Waals surface area contributed by atoms with Crippen molar-refractivity contribution in [1.29, 1.82) is 0 Å². The first-order valence-corrected chi connectivity index (χ1v) is 22.0. The molecule has 0 saturated carbocycles. The van der Waals surface area contributed by atoms with Gasteiger partial charge in [0.25, 0.3) is 0 Å². The second-order valence-electron chi connectivity index (χ2n) is 6.22. The Kier molecular flexibility index (Phi) is 15.5. The van der Waals surface area contributed by atoms with Gasteiger partial charge in [-0.3, -0.25) is 0 Å². The van der Waals surface area contributed by atoms with Crippen LogP contribution in [0, 0.1) is 0 Å². The second kappa shape index (κ2) is 16.5. The fourth-order valence-corrected chi connectivity index (χ4v) is 16.3. The summed E-state index contributed by atoms with van der Waals surface area (Å²) in [6.07, 6.45) is 0. The van der Waals surface area contributed by atoms with Crippen LogP contribution < -0.4 is 0 Å². The number of thioether (sulfide) groups is 5. The molecule has 0 radical (unpaired) electrons. The zero-order valence-corrected chi connectivity index (χ0v) is 24.3. The molecule has 0 aromatic rings. The van der Waals surface area contributed by atoms with Gasteiger partial charge in [-0.05, 0) is 0 Å². The number of hydrogen-bond donors (Lipinski definition) is 0. The van der Waals surface area contributed by atoms with E-state index in [1.165, 1.54) is 69.0 Å². The molecular formula is C16H28S11. The fraction of sp³-hybridized carbons (Fsp3) is 1.00. The summed E-state index contributed by atoms with van der Waals surface area (Å²) in [5, 5.41) is 3.78. The molecule has 0 nitrogen and oxygen atoms in total. The number of hydrogen-bond acceptors (Lipinski definition) is 11. The first-order chi connectivity index (χ1) is 13.4. The van der Waals surface area contributed by atoms with Crippen molar-refractivity contribution in [2.45, 2.75) is 21.0 Å². The summed E-state index contributed by atoms with van der Waals surface area (Å²) in [7, 11) is 12.7. The lowest BCUT2D eigenvalue weighted by molar-refractivity contribution is 1.15. The SMILES string of the molecule is C(CSSCC1CS1)SCC(CSSCC1CS1)SCCSSCC1CS1. The van der Waals surface area contributed by atoms with Gasteiger partial charge in [0, 0.05) is 90.0 Å². The minimum Gasteiger partial charge on any atom is -0.160 e. The Morgan fingerprint density at radius 1 is 0.593 bits per heavy atom. The maximum absolute atomic E-state index is 2.24. The van der Waals surface area contributed by atoms with Crippen LogP contribution >= 0.6 is 124 Å². The molecule has 0 N–H and O–H groups in total. The molecule has 0 bridgehead atoms. The van der Waals surface area contributed by atoms with Crippen molar-refractivity contribution in [1.82, 2.24) is 0 Å². The summed E-state index contributed by atoms with van der Waals surface area (Å²) in [6.45, 7) is 0. The molecule has 27 heavy (non-hydrogen) atoms. The maximum Gasteiger partial charge on any atom is 0.0237 e. The average molecular weight is 573 g/mol. The summed E-state index contributed by atoms with van der Waals surface area (Å²) < 4.78 is 0. The highest BCUT2D eigenvalue weighted by molar-refractivity contribution is 8.77. The Hall–Kier alpha value is 3.85. The highest BCUT2D eigenvalue weighted by Crippen LogP contribution is 2.39. The van der Waals surface area contributed by atoms with E-state index in [1.807, 2.05) is 0 Å². The quantitative estimate of drug-likeness (QED) is 0.0818. The summed E-state index contributed by atoms with van der Waals surface area (Å²) >= 11 is 10.8. The van der Waals surface area contributed by atoms with E-state index < -0.39 is 0 Å². The van der Waals surface area contributed by atoms with Crippen LogP contribution in [0.1, 0.15) is 0 Å². The molecule has 3 aliphatic rings. The Morgan fingerprint density at radius 3 is 1.67 bits per heavy atom. The van der Waals surface area contributed by atoms with Crippen molar-refractivity contribution in [2.24, 2.45) is 0 Å². The maximum atomic E-state index is 2.24. The Bertz CT molecular complexity index is 373. The van der Waals surface area contributed by atoms with Crippen molar-refractivity contribution < 1.29 is 0 Å². The molecule has 0 aromatic carbocycles. The Labute approximate surface area is 211 Å². The van der Waals surface area contributed by atoms with Gasteiger partial charge in [-0.15, -0.1) is 0 Å². The van der Waals surface area contributed by atoms with Gasteiger partial charge in [0.15, 0.2) is 0 Å². The van der Waals surface area contributed by atoms with Crippen molar-refractivity contribution in [3.05, 3.63) is 0 Å². The summed E-state index contributed by atoms with van der Waals surface area (Å²) in [6, 6.07) is 0. The predicted molar refractivity (Wildman–Crippen MR) is 157 cm³/mol. The zero-order valence-electron chi connectivity index (χ0n) is 15.3. The molecule has 3 aliphatic heterocycles. The van der Waals surface area contributed by atoms with Gasteiger partial charge < -0.3 is 0 Å². The monoisotopic (exact) mass is 572 g/mol. The third kappa shape index (κ3) is 15.3. The molecule has 4 unspecified atom stereocenters. The van der Waals surface area contributed by atoms with E-state index in [2.05, 4.69) is 124 Å². The van der Waals surface area contributed by atoms with Gasteiger partial charge in [-0.1, -0.05) is 64.8 Å². The number of rotatable bonds is 20. The van der Waals surface area contributed by atoms with Crippen LogP contribution in [-0.2, 0) is 0 Å². The van der Waals surface area contributed by atoms with Gasteiger partial charge in [0.05, 0.1) is 0 Å². The highest BCUT2D eigenvalue weighted by Gasteiger charge is 2.23. The van der Waals surface area contributed by atoms with E-state index in [0.29, 0.717) is 0 Å². The van der Waals surface area contributed by atoms with Crippen molar-refractivity contribution in [2.75, 3.05) is 69.0 Å². The van der Waals surface area contributed by atoms with E-state index in [-0.39, 0.29) is 0 Å². The van der Waals surface area contributed by atoms with Crippen molar-refractivity contribution >= 4 is 124 Å². The molecule has 4 atom stereocenters. The van der Waals surface area contributed by atoms with Crippen molar-refractivity contribution in [3.63, 3.8) is 0 Å². The molecule has 0 aliphatic carbocycles. The third-order valence-corrected chi connectivity index (χ3v) is 18.0. The van der Waals surface area contributed by atoms with Crippen LogP contribution in [0.5, 0.6) is 0 Å². The molecular weight excluding hydrogens is 545 g/mol. The van der Waals surface area contributed by atoms with E-state index in [0.717, 1.165) is 21.0 Å². The van der Waals surface area contributed by atoms with Gasteiger partial charge in [0.1, 0.15) is 0 Å². The van der Waals surface area contributed by atoms with Gasteiger partial charge >= 0.3 is 0 Å². The molecule has 0 amide bonds. The van der Waals surface area contributed by atoms with Gasteiger partial charge in [-0.2, -0.15) is 58.8 Å². The topological polar surface area (TPSA) is 0 Å². The smallest absolute Gasteiger partial charge is 0.0237 e. The molecule has 3 rings (SSSR count). The van der Waals surface area contributed by atoms with Crippen LogP contribution in [0.25, 0.3) is 0 Å². The molecule has 3 fully saturated rings. The van der Waals surface area contributed by atoms with Crippen LogP contribution in [0.3, 0.4) is 0 Å². The minimum absolute atomic E-state index is 0.837. The third-order valence-electron chi connectivity index (χ3n) is 3.61. The largest absolute Gasteiger partial charge is 0.160 e. The molecule has 0 aromatic heterocycles. The van der Waals surface area contributed by atoms with Crippen LogP contribution in [-0.4, -0.2) is 90.0 Å². The molecule has 3 heterocycles. The van der Waals surface area contributed by atoms with Crippen LogP contribution in [0.15, 0.2) is 0 Å². The van der Waals surface area contributed by atoms with Crippen LogP contribution in [0.2, 0.25) is 0 Å². The van der Waals surface area contributed by atoms with E-state index in [1.54, 1.807) is 0 Å². The Balaban J connectivity index is 1.16. The summed E-state index contributed by atoms with van der Waals surface area (Å²) in [5.74, 6) is 16.3. The van der Waals surface area contributed by atoms with Crippen LogP contribution in [0.4, 0.5) is 0 Å². The molecule has 3 saturated heterocycles. The average Bonchev–Trinajstić information content (AvgIpc) is 3.53. The lowest BCUT2D eigenvalue weighted by Crippen LogP contribution is -2.11. The van der Waals surface area contributed by atoms with E-state index in [4.69, 9.17) is 0 Å². The highest BCUT2D eigenvalue weighted by atomic mass is 33.1. The molecule has 158 valence electrons. The molecule has 11 heteroatoms. The lowest BCUT2D eigenvalue weighted by Gasteiger charge is -2.15. The van der Waals surface area contributed by atoms with Crippen molar-refractivity contribution in [3.8, 4) is 0 Å². The van der Waals surface area contributed by atoms with Gasteiger partial charge in [0.2, 0.25) is 0 Å². The summed E-state index contributed by atoms with van der Waals surface area (Å²) in [5.41, 5.74) is 0. The fourth-order valence-electron chi connectivity index (χ4n) is 1.81. The Morgan fingerprint density at radius 2 is 1.11 bits per heavy atom.